The number of morpholine rings is 1. The van der Waals surface area contributed by atoms with Crippen molar-refractivity contribution in [1.29, 1.82) is 0 Å². The van der Waals surface area contributed by atoms with Gasteiger partial charge in [-0.3, -0.25) is 4.79 Å². The van der Waals surface area contributed by atoms with E-state index < -0.39 is 27.8 Å². The Kier molecular flexibility index (Phi) is 5.38. The van der Waals surface area contributed by atoms with Crippen LogP contribution in [0.15, 0.2) is 29.2 Å². The van der Waals surface area contributed by atoms with Crippen molar-refractivity contribution in [3.05, 3.63) is 29.8 Å². The van der Waals surface area contributed by atoms with Crippen LogP contribution < -0.4 is 0 Å². The number of hydrogen-bond acceptors (Lipinski definition) is 5. The number of benzene rings is 1. The second-order valence-corrected chi connectivity index (χ2v) is 7.51. The summed E-state index contributed by atoms with van der Waals surface area (Å²) in [6, 6.07) is 5.33. The van der Waals surface area contributed by atoms with Gasteiger partial charge in [0.1, 0.15) is 0 Å². The molecule has 1 fully saturated rings. The fourth-order valence-corrected chi connectivity index (χ4v) is 3.57. The lowest BCUT2D eigenvalue weighted by Crippen LogP contribution is -2.52. The van der Waals surface area contributed by atoms with Crippen LogP contribution in [0.25, 0.3) is 0 Å². The Bertz CT molecular complexity index is 682. The molecule has 1 aliphatic rings. The SMILES string of the molecule is Cc1ccc(S(=O)(=O)CCC(=O)N2CCOCC2C(=O)O)cc1. The third-order valence-electron chi connectivity index (χ3n) is 3.70. The van der Waals surface area contributed by atoms with Crippen LogP contribution in [-0.2, 0) is 24.2 Å². The monoisotopic (exact) mass is 341 g/mol. The van der Waals surface area contributed by atoms with Crippen LogP contribution in [-0.4, -0.2) is 61.9 Å². The molecule has 1 N–H and O–H groups in total. The third kappa shape index (κ3) is 4.29. The normalized spacial score (nSPS) is 18.7. The van der Waals surface area contributed by atoms with Gasteiger partial charge >= 0.3 is 5.97 Å². The van der Waals surface area contributed by atoms with Crippen molar-refractivity contribution in [3.63, 3.8) is 0 Å². The highest BCUT2D eigenvalue weighted by atomic mass is 32.2. The number of aryl methyl sites for hydroxylation is 1. The summed E-state index contributed by atoms with van der Waals surface area (Å²) in [6.07, 6.45) is -0.250. The van der Waals surface area contributed by atoms with Crippen molar-refractivity contribution in [2.75, 3.05) is 25.5 Å². The number of amides is 1. The van der Waals surface area contributed by atoms with E-state index in [4.69, 9.17) is 9.84 Å². The van der Waals surface area contributed by atoms with Crippen LogP contribution in [0, 0.1) is 6.92 Å². The van der Waals surface area contributed by atoms with Gasteiger partial charge in [-0.05, 0) is 19.1 Å². The summed E-state index contributed by atoms with van der Waals surface area (Å²) in [5.74, 6) is -1.99. The maximum atomic E-state index is 12.2. The van der Waals surface area contributed by atoms with Crippen LogP contribution in [0.2, 0.25) is 0 Å². The zero-order valence-corrected chi connectivity index (χ0v) is 13.6. The fourth-order valence-electron chi connectivity index (χ4n) is 2.34. The number of carboxylic acid groups (broad SMARTS) is 1. The Labute approximate surface area is 134 Å². The largest absolute Gasteiger partial charge is 0.480 e. The summed E-state index contributed by atoms with van der Waals surface area (Å²) >= 11 is 0. The molecule has 1 saturated heterocycles. The Morgan fingerprint density at radius 2 is 1.96 bits per heavy atom. The lowest BCUT2D eigenvalue weighted by atomic mass is 10.2. The lowest BCUT2D eigenvalue weighted by molar-refractivity contribution is -0.158. The third-order valence-corrected chi connectivity index (χ3v) is 5.43. The van der Waals surface area contributed by atoms with Gasteiger partial charge in [-0.15, -0.1) is 0 Å². The van der Waals surface area contributed by atoms with Gasteiger partial charge < -0.3 is 14.7 Å². The van der Waals surface area contributed by atoms with Gasteiger partial charge in [0.25, 0.3) is 0 Å². The molecule has 23 heavy (non-hydrogen) atoms. The number of aliphatic carboxylic acids is 1. The van der Waals surface area contributed by atoms with Crippen molar-refractivity contribution in [2.45, 2.75) is 24.3 Å². The minimum absolute atomic E-state index is 0.0776. The number of nitrogens with zero attached hydrogens (tertiary/aromatic N) is 1. The first-order valence-electron chi connectivity index (χ1n) is 7.21. The molecule has 126 valence electrons. The average molecular weight is 341 g/mol. The molecule has 1 aliphatic heterocycles. The van der Waals surface area contributed by atoms with Crippen molar-refractivity contribution < 1.29 is 27.9 Å². The van der Waals surface area contributed by atoms with Crippen LogP contribution in [0.1, 0.15) is 12.0 Å². The quantitative estimate of drug-likeness (QED) is 0.835. The number of hydrogen-bond donors (Lipinski definition) is 1. The van der Waals surface area contributed by atoms with E-state index in [2.05, 4.69) is 0 Å². The molecule has 1 atom stereocenters. The van der Waals surface area contributed by atoms with Crippen molar-refractivity contribution >= 4 is 21.7 Å². The average Bonchev–Trinajstić information content (AvgIpc) is 2.53. The van der Waals surface area contributed by atoms with Gasteiger partial charge in [0.05, 0.1) is 23.9 Å². The molecule has 0 spiro atoms. The molecule has 7 nitrogen and oxygen atoms in total. The summed E-state index contributed by atoms with van der Waals surface area (Å²) in [5, 5.41) is 9.10. The van der Waals surface area contributed by atoms with Gasteiger partial charge in [-0.25, -0.2) is 13.2 Å². The van der Waals surface area contributed by atoms with Crippen LogP contribution in [0.4, 0.5) is 0 Å². The van der Waals surface area contributed by atoms with Gasteiger partial charge in [0, 0.05) is 13.0 Å². The van der Waals surface area contributed by atoms with E-state index in [0.29, 0.717) is 0 Å². The summed E-state index contributed by atoms with van der Waals surface area (Å²) in [5.41, 5.74) is 0.942. The molecule has 0 bridgehead atoms. The fraction of sp³-hybridized carbons (Fsp3) is 0.467. The predicted octanol–water partition coefficient (Wildman–Crippen LogP) is 0.471. The van der Waals surface area contributed by atoms with Gasteiger partial charge in [-0.2, -0.15) is 0 Å². The zero-order chi connectivity index (χ0) is 17.0. The molecule has 8 heteroatoms. The van der Waals surface area contributed by atoms with E-state index in [-0.39, 0.29) is 36.8 Å². The summed E-state index contributed by atoms with van der Waals surface area (Å²) in [6.45, 7) is 2.18. The number of carbonyl (C=O) groups is 2. The van der Waals surface area contributed by atoms with Crippen LogP contribution >= 0.6 is 0 Å². The molecule has 1 heterocycles. The number of rotatable bonds is 5. The van der Waals surface area contributed by atoms with E-state index in [1.807, 2.05) is 6.92 Å². The van der Waals surface area contributed by atoms with Gasteiger partial charge in [-0.1, -0.05) is 17.7 Å². The smallest absolute Gasteiger partial charge is 0.328 e. The second-order valence-electron chi connectivity index (χ2n) is 5.40. The van der Waals surface area contributed by atoms with Crippen LogP contribution in [0.3, 0.4) is 0 Å². The molecule has 0 saturated carbocycles. The molecular formula is C15H19NO6S. The molecular weight excluding hydrogens is 322 g/mol. The molecule has 1 aromatic carbocycles. The Morgan fingerprint density at radius 1 is 1.30 bits per heavy atom. The molecule has 0 aromatic heterocycles. The molecule has 0 radical (unpaired) electrons. The minimum Gasteiger partial charge on any atom is -0.480 e. The highest BCUT2D eigenvalue weighted by Gasteiger charge is 2.33. The molecule has 2 rings (SSSR count). The highest BCUT2D eigenvalue weighted by Crippen LogP contribution is 2.15. The first-order chi connectivity index (χ1) is 10.8. The van der Waals surface area contributed by atoms with E-state index in [0.717, 1.165) is 5.56 Å². The maximum absolute atomic E-state index is 12.2. The van der Waals surface area contributed by atoms with E-state index >= 15 is 0 Å². The summed E-state index contributed by atoms with van der Waals surface area (Å²) < 4.78 is 29.5. The predicted molar refractivity (Wildman–Crippen MR) is 81.8 cm³/mol. The molecule has 0 aliphatic carbocycles. The van der Waals surface area contributed by atoms with Gasteiger partial charge in [0.15, 0.2) is 15.9 Å². The van der Waals surface area contributed by atoms with Crippen molar-refractivity contribution in [3.8, 4) is 0 Å². The van der Waals surface area contributed by atoms with Crippen molar-refractivity contribution in [2.24, 2.45) is 0 Å². The number of sulfone groups is 1. The zero-order valence-electron chi connectivity index (χ0n) is 12.8. The highest BCUT2D eigenvalue weighted by molar-refractivity contribution is 7.91. The van der Waals surface area contributed by atoms with E-state index in [1.54, 1.807) is 12.1 Å². The Balaban J connectivity index is 2.02. The number of carbonyl (C=O) groups excluding carboxylic acids is 1. The molecule has 1 unspecified atom stereocenters. The second kappa shape index (κ2) is 7.10. The summed E-state index contributed by atoms with van der Waals surface area (Å²) in [4.78, 5) is 24.7. The maximum Gasteiger partial charge on any atom is 0.328 e. The number of carboxylic acids is 1. The van der Waals surface area contributed by atoms with Gasteiger partial charge in [0.2, 0.25) is 5.91 Å². The Morgan fingerprint density at radius 3 is 2.57 bits per heavy atom. The standard InChI is InChI=1S/C15H19NO6S/c1-11-2-4-12(5-3-11)23(20,21)9-6-14(17)16-7-8-22-10-13(16)15(18)19/h2-5,13H,6-10H2,1H3,(H,18,19). The first-order valence-corrected chi connectivity index (χ1v) is 8.86. The molecule has 1 amide bonds. The topological polar surface area (TPSA) is 101 Å². The first kappa shape index (κ1) is 17.4. The van der Waals surface area contributed by atoms with Crippen LogP contribution in [0.5, 0.6) is 0 Å². The molecule has 1 aromatic rings. The lowest BCUT2D eigenvalue weighted by Gasteiger charge is -2.32. The van der Waals surface area contributed by atoms with Crippen molar-refractivity contribution in [1.82, 2.24) is 4.90 Å². The number of ether oxygens (including phenoxy) is 1. The van der Waals surface area contributed by atoms with E-state index in [9.17, 15) is 18.0 Å². The minimum atomic E-state index is -3.57. The summed E-state index contributed by atoms with van der Waals surface area (Å²) in [7, 11) is -3.57. The Hall–Kier alpha value is -1.93. The van der Waals surface area contributed by atoms with E-state index in [1.165, 1.54) is 17.0 Å².